The maximum absolute atomic E-state index is 6.55. The molecule has 0 saturated heterocycles. The molecule has 0 bridgehead atoms. The second-order valence-corrected chi connectivity index (χ2v) is 14.7. The average molecular weight is 580 g/mol. The molecule has 4 aliphatic carbocycles. The van der Waals surface area contributed by atoms with Gasteiger partial charge >= 0.3 is 0 Å². The van der Waals surface area contributed by atoms with Gasteiger partial charge in [0.05, 0.1) is 17.9 Å². The van der Waals surface area contributed by atoms with Crippen molar-refractivity contribution in [1.82, 2.24) is 0 Å². The molecule has 41 heavy (non-hydrogen) atoms. The third-order valence-corrected chi connectivity index (χ3v) is 12.3. The summed E-state index contributed by atoms with van der Waals surface area (Å²) in [6, 6.07) is 7.85. The molecule has 0 aromatic heterocycles. The monoisotopic (exact) mass is 579 g/mol. The Balaban J connectivity index is 1.10. The second-order valence-electron chi connectivity index (χ2n) is 14.3. The van der Waals surface area contributed by atoms with Gasteiger partial charge in [-0.05, 0) is 117 Å². The van der Waals surface area contributed by atoms with Crippen LogP contribution in [0, 0.1) is 40.4 Å². The van der Waals surface area contributed by atoms with Crippen molar-refractivity contribution in [2.24, 2.45) is 45.6 Å². The predicted molar refractivity (Wildman–Crippen MR) is 167 cm³/mol. The highest BCUT2D eigenvalue weighted by atomic mass is 35.5. The molecule has 0 N–H and O–H groups in total. The first kappa shape index (κ1) is 29.5. The number of benzene rings is 1. The number of nitrogens with zero attached hydrogens (tertiary/aromatic N) is 1. The molecular weight excluding hydrogens is 530 g/mol. The fourth-order valence-electron chi connectivity index (χ4n) is 9.80. The normalized spacial score (nSPS) is 42.2. The molecule has 5 heteroatoms. The summed E-state index contributed by atoms with van der Waals surface area (Å²) >= 11 is 6.14. The number of hydrogen-bond donors (Lipinski definition) is 0. The van der Waals surface area contributed by atoms with Gasteiger partial charge in [-0.1, -0.05) is 74.3 Å². The molecule has 5 unspecified atom stereocenters. The zero-order chi connectivity index (χ0) is 28.8. The molecule has 6 rings (SSSR count). The van der Waals surface area contributed by atoms with Crippen molar-refractivity contribution in [3.05, 3.63) is 58.7 Å². The van der Waals surface area contributed by atoms with Crippen molar-refractivity contribution < 1.29 is 14.3 Å². The fourth-order valence-corrected chi connectivity index (χ4v) is 10.0. The summed E-state index contributed by atoms with van der Waals surface area (Å²) in [4.78, 5) is 5.84. The van der Waals surface area contributed by atoms with Crippen molar-refractivity contribution in [2.45, 2.75) is 118 Å². The van der Waals surface area contributed by atoms with Crippen LogP contribution in [-0.2, 0) is 20.9 Å². The van der Waals surface area contributed by atoms with Gasteiger partial charge in [-0.25, -0.2) is 0 Å². The van der Waals surface area contributed by atoms with Crippen molar-refractivity contribution >= 4 is 17.3 Å². The van der Waals surface area contributed by atoms with Gasteiger partial charge in [0.25, 0.3) is 0 Å². The van der Waals surface area contributed by atoms with Crippen molar-refractivity contribution in [3.8, 4) is 0 Å². The molecule has 4 nitrogen and oxygen atoms in total. The van der Waals surface area contributed by atoms with Crippen molar-refractivity contribution in [3.63, 3.8) is 0 Å². The lowest BCUT2D eigenvalue weighted by atomic mass is 9.47. The maximum Gasteiger partial charge on any atom is 0.177 e. The highest BCUT2D eigenvalue weighted by molar-refractivity contribution is 6.30. The Hall–Kier alpha value is -1.62. The molecule has 224 valence electrons. The molecule has 3 fully saturated rings. The van der Waals surface area contributed by atoms with Gasteiger partial charge in [0, 0.05) is 16.9 Å². The van der Waals surface area contributed by atoms with E-state index >= 15 is 0 Å². The van der Waals surface area contributed by atoms with Crippen LogP contribution < -0.4 is 0 Å². The molecule has 5 aliphatic rings. The number of fused-ring (bicyclic) bond motifs is 5. The molecule has 1 aromatic rings. The first-order chi connectivity index (χ1) is 19.7. The minimum atomic E-state index is -0.187. The van der Waals surface area contributed by atoms with Crippen LogP contribution in [0.25, 0.3) is 0 Å². The third-order valence-electron chi connectivity index (χ3n) is 12.1. The van der Waals surface area contributed by atoms with Crippen molar-refractivity contribution in [2.75, 3.05) is 0 Å². The first-order valence-electron chi connectivity index (χ1n) is 16.3. The summed E-state index contributed by atoms with van der Waals surface area (Å²) in [6.45, 7) is 12.3. The second kappa shape index (κ2) is 11.8. The van der Waals surface area contributed by atoms with Gasteiger partial charge < -0.3 is 14.3 Å². The molecule has 0 radical (unpaired) electrons. The van der Waals surface area contributed by atoms with E-state index in [1.807, 2.05) is 24.3 Å². The van der Waals surface area contributed by atoms with E-state index in [1.54, 1.807) is 5.57 Å². The third kappa shape index (κ3) is 5.58. The van der Waals surface area contributed by atoms with E-state index in [9.17, 15) is 0 Å². The lowest BCUT2D eigenvalue weighted by Gasteiger charge is -2.58. The smallest absolute Gasteiger partial charge is 0.177 e. The zero-order valence-electron chi connectivity index (χ0n) is 25.8. The lowest BCUT2D eigenvalue weighted by molar-refractivity contribution is -0.188. The number of halogens is 1. The van der Waals surface area contributed by atoms with Gasteiger partial charge in [0.2, 0.25) is 0 Å². The molecule has 10 atom stereocenters. The summed E-state index contributed by atoms with van der Waals surface area (Å²) < 4.78 is 12.8. The van der Waals surface area contributed by atoms with Crippen LogP contribution in [-0.4, -0.2) is 24.2 Å². The topological polar surface area (TPSA) is 40.0 Å². The molecule has 0 amide bonds. The Labute approximate surface area is 252 Å². The van der Waals surface area contributed by atoms with Crippen molar-refractivity contribution in [1.29, 1.82) is 0 Å². The largest absolute Gasteiger partial charge is 0.391 e. The first-order valence-corrected chi connectivity index (χ1v) is 16.7. The standard InChI is InChI=1S/C36H50ClNO3/c1-6-33-23(2)10-15-34(41-33)40-28-16-18-35(4)26(21-28)11-12-29-31-14-13-30(36(31,5)19-17-32(29)35)24(3)38-39-22-25-8-7-9-27(37)20-25/h7-11,15,20,23,28-34H,6,12-14,16-19,21-22H2,1-5H3/b38-24+/t23-,28?,29?,30+,31?,32?,33+,34?,35-,36+/m0/s1. The van der Waals surface area contributed by atoms with Gasteiger partial charge in [-0.2, -0.15) is 0 Å². The van der Waals surface area contributed by atoms with Crippen LogP contribution in [0.4, 0.5) is 0 Å². The number of rotatable bonds is 7. The summed E-state index contributed by atoms with van der Waals surface area (Å²) in [5.74, 6) is 3.31. The van der Waals surface area contributed by atoms with Gasteiger partial charge in [-0.15, -0.1) is 0 Å². The van der Waals surface area contributed by atoms with Gasteiger partial charge in [0.1, 0.15) is 6.61 Å². The Bertz CT molecular complexity index is 1190. The van der Waals surface area contributed by atoms with Crippen LogP contribution in [0.15, 0.2) is 53.2 Å². The summed E-state index contributed by atoms with van der Waals surface area (Å²) in [7, 11) is 0. The highest BCUT2D eigenvalue weighted by Gasteiger charge is 2.59. The Morgan fingerprint density at radius 2 is 1.95 bits per heavy atom. The fraction of sp³-hybridized carbons (Fsp3) is 0.694. The Kier molecular flexibility index (Phi) is 8.48. The highest BCUT2D eigenvalue weighted by Crippen LogP contribution is 2.66. The van der Waals surface area contributed by atoms with Gasteiger partial charge in [0.15, 0.2) is 6.29 Å². The number of hydrogen-bond acceptors (Lipinski definition) is 4. The average Bonchev–Trinajstić information content (AvgIpc) is 3.31. The van der Waals surface area contributed by atoms with E-state index in [0.717, 1.165) is 47.6 Å². The maximum atomic E-state index is 6.55. The SMILES string of the molecule is CC[C@H]1OC(OC2CC[C@@]3(C)C(=CCC4C3CC[C@@]3(C)C4CC[C@@H]3/C(C)=N/OCc3cccc(Cl)c3)C2)C=C[C@@H]1C. The lowest BCUT2D eigenvalue weighted by Crippen LogP contribution is -2.51. The van der Waals surface area contributed by atoms with E-state index in [4.69, 9.17) is 25.9 Å². The van der Waals surface area contributed by atoms with Crippen LogP contribution >= 0.6 is 11.6 Å². The molecule has 0 spiro atoms. The van der Waals surface area contributed by atoms with Gasteiger partial charge in [-0.3, -0.25) is 0 Å². The van der Waals surface area contributed by atoms with Crippen LogP contribution in [0.1, 0.15) is 98.0 Å². The predicted octanol–water partition coefficient (Wildman–Crippen LogP) is 9.52. The van der Waals surface area contributed by atoms with E-state index in [1.165, 1.54) is 44.2 Å². The zero-order valence-corrected chi connectivity index (χ0v) is 26.5. The Morgan fingerprint density at radius 3 is 2.76 bits per heavy atom. The van der Waals surface area contributed by atoms with Crippen LogP contribution in [0.5, 0.6) is 0 Å². The summed E-state index contributed by atoms with van der Waals surface area (Å²) in [5, 5.41) is 5.39. The quantitative estimate of drug-likeness (QED) is 0.183. The Morgan fingerprint density at radius 1 is 1.10 bits per heavy atom. The van der Waals surface area contributed by atoms with Crippen LogP contribution in [0.2, 0.25) is 5.02 Å². The van der Waals surface area contributed by atoms with E-state index in [-0.39, 0.29) is 18.5 Å². The molecular formula is C36H50ClNO3. The minimum Gasteiger partial charge on any atom is -0.391 e. The minimum absolute atomic E-state index is 0.187. The van der Waals surface area contributed by atoms with E-state index in [2.05, 4.69) is 58.0 Å². The molecule has 1 heterocycles. The summed E-state index contributed by atoms with van der Waals surface area (Å²) in [5.41, 5.74) is 4.53. The number of allylic oxidation sites excluding steroid dienone is 1. The number of ether oxygens (including phenoxy) is 2. The van der Waals surface area contributed by atoms with E-state index in [0.29, 0.717) is 29.3 Å². The van der Waals surface area contributed by atoms with E-state index < -0.39 is 0 Å². The number of oxime groups is 1. The van der Waals surface area contributed by atoms with Crippen LogP contribution in [0.3, 0.4) is 0 Å². The molecule has 1 aromatic carbocycles. The molecule has 3 saturated carbocycles. The molecule has 1 aliphatic heterocycles. The summed E-state index contributed by atoms with van der Waals surface area (Å²) in [6.07, 6.45) is 18.3.